The Morgan fingerprint density at radius 2 is 1.87 bits per heavy atom. The normalized spacial score (nSPS) is 11.5. The predicted octanol–water partition coefficient (Wildman–Crippen LogP) is 4.79. The van der Waals surface area contributed by atoms with E-state index in [2.05, 4.69) is 12.2 Å². The Hall–Kier alpha value is -1.97. The molecule has 0 atom stereocenters. The second kappa shape index (κ2) is 9.93. The summed E-state index contributed by atoms with van der Waals surface area (Å²) in [5, 5.41) is 2.69. The first-order chi connectivity index (χ1) is 10.9. The molecule has 0 heterocycles. The zero-order chi connectivity index (χ0) is 17.1. The molecule has 4 heteroatoms. The SMILES string of the molecule is CCCCCOc1ccc(C=CCNC(=O)OC(C)(C)C)cc1. The lowest BCUT2D eigenvalue weighted by molar-refractivity contribution is 0.0534. The van der Waals surface area contributed by atoms with Crippen molar-refractivity contribution < 1.29 is 14.3 Å². The number of carbonyl (C=O) groups excluding carboxylic acids is 1. The van der Waals surface area contributed by atoms with Gasteiger partial charge in [0.2, 0.25) is 0 Å². The Morgan fingerprint density at radius 1 is 1.17 bits per heavy atom. The number of amides is 1. The van der Waals surface area contributed by atoms with E-state index in [1.165, 1.54) is 12.8 Å². The Morgan fingerprint density at radius 3 is 2.48 bits per heavy atom. The summed E-state index contributed by atoms with van der Waals surface area (Å²) < 4.78 is 10.8. The maximum Gasteiger partial charge on any atom is 0.407 e. The number of nitrogens with one attached hydrogen (secondary N) is 1. The van der Waals surface area contributed by atoms with Crippen LogP contribution in [-0.2, 0) is 4.74 Å². The van der Waals surface area contributed by atoms with Crippen molar-refractivity contribution >= 4 is 12.2 Å². The van der Waals surface area contributed by atoms with Crippen LogP contribution in [-0.4, -0.2) is 24.8 Å². The largest absolute Gasteiger partial charge is 0.494 e. The monoisotopic (exact) mass is 319 g/mol. The lowest BCUT2D eigenvalue weighted by atomic mass is 10.2. The maximum absolute atomic E-state index is 11.5. The maximum atomic E-state index is 11.5. The summed E-state index contributed by atoms with van der Waals surface area (Å²) in [5.41, 5.74) is 0.595. The highest BCUT2D eigenvalue weighted by molar-refractivity contribution is 5.68. The van der Waals surface area contributed by atoms with Gasteiger partial charge in [-0.3, -0.25) is 0 Å². The third-order valence-electron chi connectivity index (χ3n) is 2.97. The van der Waals surface area contributed by atoms with Crippen LogP contribution in [0.4, 0.5) is 4.79 Å². The molecule has 0 bridgehead atoms. The molecule has 1 rings (SSSR count). The highest BCUT2D eigenvalue weighted by Crippen LogP contribution is 2.13. The molecule has 4 nitrogen and oxygen atoms in total. The van der Waals surface area contributed by atoms with E-state index in [1.54, 1.807) is 0 Å². The van der Waals surface area contributed by atoms with Gasteiger partial charge in [-0.2, -0.15) is 0 Å². The minimum Gasteiger partial charge on any atom is -0.494 e. The molecule has 23 heavy (non-hydrogen) atoms. The second-order valence-electron chi connectivity index (χ2n) is 6.41. The predicted molar refractivity (Wildman–Crippen MR) is 94.7 cm³/mol. The Balaban J connectivity index is 2.30. The van der Waals surface area contributed by atoms with Crippen LogP contribution in [0.2, 0.25) is 0 Å². The molecule has 1 amide bonds. The first-order valence-corrected chi connectivity index (χ1v) is 8.27. The second-order valence-corrected chi connectivity index (χ2v) is 6.41. The number of hydrogen-bond donors (Lipinski definition) is 1. The topological polar surface area (TPSA) is 47.6 Å². The summed E-state index contributed by atoms with van der Waals surface area (Å²) in [6, 6.07) is 7.93. The van der Waals surface area contributed by atoms with E-state index in [-0.39, 0.29) is 0 Å². The van der Waals surface area contributed by atoms with Gasteiger partial charge in [-0.05, 0) is 44.9 Å². The van der Waals surface area contributed by atoms with Crippen LogP contribution in [0, 0.1) is 0 Å². The molecule has 1 aromatic rings. The quantitative estimate of drug-likeness (QED) is 0.701. The van der Waals surface area contributed by atoms with Crippen molar-refractivity contribution in [3.63, 3.8) is 0 Å². The average Bonchev–Trinajstić information content (AvgIpc) is 2.48. The van der Waals surface area contributed by atoms with Crippen molar-refractivity contribution in [2.45, 2.75) is 52.6 Å². The van der Waals surface area contributed by atoms with Gasteiger partial charge in [0.15, 0.2) is 0 Å². The Bertz CT molecular complexity index is 486. The van der Waals surface area contributed by atoms with Crippen molar-refractivity contribution in [1.29, 1.82) is 0 Å². The molecular weight excluding hydrogens is 290 g/mol. The molecule has 0 aliphatic rings. The highest BCUT2D eigenvalue weighted by Gasteiger charge is 2.14. The highest BCUT2D eigenvalue weighted by atomic mass is 16.6. The third kappa shape index (κ3) is 9.61. The molecule has 0 aromatic heterocycles. The molecular formula is C19H29NO3. The molecule has 0 aliphatic heterocycles. The number of rotatable bonds is 8. The standard InChI is InChI=1S/C19H29NO3/c1-5-6-7-15-22-17-12-10-16(11-13-17)9-8-14-20-18(21)23-19(2,3)4/h8-13H,5-7,14-15H2,1-4H3,(H,20,21). The van der Waals surface area contributed by atoms with Crippen LogP contribution in [0.3, 0.4) is 0 Å². The first kappa shape index (κ1) is 19.1. The number of ether oxygens (including phenoxy) is 2. The van der Waals surface area contributed by atoms with Crippen molar-refractivity contribution in [2.24, 2.45) is 0 Å². The fraction of sp³-hybridized carbons (Fsp3) is 0.526. The van der Waals surface area contributed by atoms with Crippen LogP contribution in [0.5, 0.6) is 5.75 Å². The minimum atomic E-state index is -0.471. The van der Waals surface area contributed by atoms with Crippen molar-refractivity contribution in [3.8, 4) is 5.75 Å². The number of alkyl carbamates (subject to hydrolysis) is 1. The van der Waals surface area contributed by atoms with Gasteiger partial charge in [0.05, 0.1) is 6.61 Å². The van der Waals surface area contributed by atoms with E-state index in [1.807, 2.05) is 57.2 Å². The summed E-state index contributed by atoms with van der Waals surface area (Å²) in [5.74, 6) is 0.894. The first-order valence-electron chi connectivity index (χ1n) is 8.27. The molecule has 1 aromatic carbocycles. The van der Waals surface area contributed by atoms with E-state index >= 15 is 0 Å². The Labute approximate surface area is 139 Å². The number of carbonyl (C=O) groups is 1. The van der Waals surface area contributed by atoms with Crippen LogP contribution >= 0.6 is 0 Å². The number of benzene rings is 1. The van der Waals surface area contributed by atoms with Crippen LogP contribution < -0.4 is 10.1 Å². The molecule has 0 spiro atoms. The molecule has 0 aliphatic carbocycles. The van der Waals surface area contributed by atoms with Gasteiger partial charge in [0, 0.05) is 6.54 Å². The van der Waals surface area contributed by atoms with Crippen LogP contribution in [0.15, 0.2) is 30.3 Å². The van der Waals surface area contributed by atoms with Crippen molar-refractivity contribution in [3.05, 3.63) is 35.9 Å². The summed E-state index contributed by atoms with van der Waals surface area (Å²) in [4.78, 5) is 11.5. The molecule has 0 fully saturated rings. The Kier molecular flexibility index (Phi) is 8.23. The van der Waals surface area contributed by atoms with Gasteiger partial charge < -0.3 is 14.8 Å². The lowest BCUT2D eigenvalue weighted by Gasteiger charge is -2.19. The van der Waals surface area contributed by atoms with Gasteiger partial charge in [0.1, 0.15) is 11.4 Å². The summed E-state index contributed by atoms with van der Waals surface area (Å²) in [6.45, 7) is 8.91. The van der Waals surface area contributed by atoms with E-state index in [4.69, 9.17) is 9.47 Å². The smallest absolute Gasteiger partial charge is 0.407 e. The van der Waals surface area contributed by atoms with Crippen molar-refractivity contribution in [2.75, 3.05) is 13.2 Å². The van der Waals surface area contributed by atoms with Crippen LogP contribution in [0.1, 0.15) is 52.5 Å². The average molecular weight is 319 g/mol. The fourth-order valence-electron chi connectivity index (χ4n) is 1.87. The van der Waals surface area contributed by atoms with Gasteiger partial charge in [-0.1, -0.05) is 44.1 Å². The minimum absolute atomic E-state index is 0.405. The zero-order valence-electron chi connectivity index (χ0n) is 14.7. The zero-order valence-corrected chi connectivity index (χ0v) is 14.7. The molecule has 0 radical (unpaired) electrons. The van der Waals surface area contributed by atoms with E-state index in [0.29, 0.717) is 6.54 Å². The molecule has 1 N–H and O–H groups in total. The van der Waals surface area contributed by atoms with Gasteiger partial charge in [0.25, 0.3) is 0 Å². The van der Waals surface area contributed by atoms with Crippen LogP contribution in [0.25, 0.3) is 6.08 Å². The molecule has 0 saturated carbocycles. The molecule has 0 saturated heterocycles. The van der Waals surface area contributed by atoms with Crippen molar-refractivity contribution in [1.82, 2.24) is 5.32 Å². The summed E-state index contributed by atoms with van der Waals surface area (Å²) >= 11 is 0. The summed E-state index contributed by atoms with van der Waals surface area (Å²) in [7, 11) is 0. The summed E-state index contributed by atoms with van der Waals surface area (Å²) in [6.07, 6.45) is 6.93. The van der Waals surface area contributed by atoms with E-state index < -0.39 is 11.7 Å². The number of unbranched alkanes of at least 4 members (excludes halogenated alkanes) is 2. The number of hydrogen-bond acceptors (Lipinski definition) is 3. The third-order valence-corrected chi connectivity index (χ3v) is 2.97. The van der Waals surface area contributed by atoms with Gasteiger partial charge in [-0.25, -0.2) is 4.79 Å². The fourth-order valence-corrected chi connectivity index (χ4v) is 1.87. The van der Waals surface area contributed by atoms with E-state index in [9.17, 15) is 4.79 Å². The van der Waals surface area contributed by atoms with E-state index in [0.717, 1.165) is 24.3 Å². The van der Waals surface area contributed by atoms with Gasteiger partial charge >= 0.3 is 6.09 Å². The lowest BCUT2D eigenvalue weighted by Crippen LogP contribution is -2.32. The molecule has 128 valence electrons. The van der Waals surface area contributed by atoms with Gasteiger partial charge in [-0.15, -0.1) is 0 Å². The molecule has 0 unspecified atom stereocenters.